The number of fused-ring (bicyclic) bond motifs is 3. The Morgan fingerprint density at radius 3 is 2.44 bits per heavy atom. The van der Waals surface area contributed by atoms with Gasteiger partial charge in [0, 0.05) is 29.6 Å². The average molecular weight is 542 g/mol. The Morgan fingerprint density at radius 1 is 1.10 bits per heavy atom. The monoisotopic (exact) mass is 541 g/mol. The number of nitrogens with one attached hydrogen (secondary N) is 2. The van der Waals surface area contributed by atoms with Crippen LogP contribution < -0.4 is 5.32 Å². The van der Waals surface area contributed by atoms with Crippen molar-refractivity contribution in [2.24, 2.45) is 5.92 Å². The van der Waals surface area contributed by atoms with Gasteiger partial charge in [-0.05, 0) is 76.8 Å². The Bertz CT molecular complexity index is 1110. The number of para-hydroxylation sites is 1. The Labute approximate surface area is 233 Å². The highest BCUT2D eigenvalue weighted by atomic mass is 16.6. The molecule has 1 aromatic carbocycles. The molecule has 8 heteroatoms. The van der Waals surface area contributed by atoms with Crippen LogP contribution in [0, 0.1) is 5.92 Å². The van der Waals surface area contributed by atoms with Gasteiger partial charge in [-0.3, -0.25) is 9.59 Å². The van der Waals surface area contributed by atoms with Gasteiger partial charge in [-0.1, -0.05) is 45.4 Å². The number of alkyl carbamates (subject to hydrolysis) is 1. The quantitative estimate of drug-likeness (QED) is 0.410. The molecular weight excluding hydrogens is 494 g/mol. The number of hydrogen-bond acceptors (Lipinski definition) is 5. The number of nitrogens with zero attached hydrogens (tertiary/aromatic N) is 1. The minimum Gasteiger partial charge on any atom is -0.462 e. The fraction of sp³-hybridized carbons (Fsp3) is 0.645. The molecule has 0 saturated heterocycles. The topological polar surface area (TPSA) is 101 Å². The van der Waals surface area contributed by atoms with Crippen molar-refractivity contribution in [1.29, 1.82) is 0 Å². The van der Waals surface area contributed by atoms with Crippen LogP contribution in [-0.4, -0.2) is 52.6 Å². The average Bonchev–Trinajstić information content (AvgIpc) is 3.26. The van der Waals surface area contributed by atoms with Gasteiger partial charge in [0.05, 0.1) is 6.04 Å². The molecule has 0 bridgehead atoms. The summed E-state index contributed by atoms with van der Waals surface area (Å²) in [5.74, 6) is 0.314. The van der Waals surface area contributed by atoms with Crippen molar-refractivity contribution < 1.29 is 23.9 Å². The number of amides is 2. The number of rotatable bonds is 6. The normalized spacial score (nSPS) is 17.7. The van der Waals surface area contributed by atoms with Crippen LogP contribution in [0.15, 0.2) is 24.3 Å². The Morgan fingerprint density at radius 2 is 1.79 bits per heavy atom. The molecule has 2 aliphatic rings. The second-order valence-electron chi connectivity index (χ2n) is 12.0. The zero-order valence-electron chi connectivity index (χ0n) is 24.6. The van der Waals surface area contributed by atoms with Gasteiger partial charge in [-0.25, -0.2) is 4.79 Å². The molecule has 2 N–H and O–H groups in total. The van der Waals surface area contributed by atoms with Gasteiger partial charge in [-0.15, -0.1) is 0 Å². The summed E-state index contributed by atoms with van der Waals surface area (Å²) in [4.78, 5) is 41.1. The number of hydrogen-bond donors (Lipinski definition) is 2. The van der Waals surface area contributed by atoms with Crippen molar-refractivity contribution in [2.75, 3.05) is 13.1 Å². The molecule has 2 amide bonds. The highest BCUT2D eigenvalue weighted by Crippen LogP contribution is 2.37. The predicted molar refractivity (Wildman–Crippen MR) is 153 cm³/mol. The third kappa shape index (κ3) is 9.01. The lowest BCUT2D eigenvalue weighted by Gasteiger charge is -2.37. The van der Waals surface area contributed by atoms with Gasteiger partial charge in [0.15, 0.2) is 0 Å². The molecule has 0 spiro atoms. The second-order valence-corrected chi connectivity index (χ2v) is 12.0. The molecule has 39 heavy (non-hydrogen) atoms. The Hall–Kier alpha value is -3.03. The number of benzene rings is 1. The van der Waals surface area contributed by atoms with Crippen LogP contribution in [0.5, 0.6) is 0 Å². The first-order valence-corrected chi connectivity index (χ1v) is 14.5. The van der Waals surface area contributed by atoms with Crippen LogP contribution in [0.25, 0.3) is 10.9 Å². The smallest absolute Gasteiger partial charge is 0.408 e. The maximum absolute atomic E-state index is 12.9. The zero-order valence-corrected chi connectivity index (χ0v) is 24.6. The molecule has 1 atom stereocenters. The number of H-pyrrole nitrogens is 1. The van der Waals surface area contributed by atoms with Crippen molar-refractivity contribution in [3.63, 3.8) is 0 Å². The molecule has 4 rings (SSSR count). The Kier molecular flexibility index (Phi) is 10.8. The lowest BCUT2D eigenvalue weighted by molar-refractivity contribution is -0.150. The summed E-state index contributed by atoms with van der Waals surface area (Å²) in [5, 5.41) is 3.84. The van der Waals surface area contributed by atoms with Crippen LogP contribution in [0.4, 0.5) is 4.79 Å². The molecular formula is C31H47N3O5. The molecule has 8 nitrogen and oxygen atoms in total. The van der Waals surface area contributed by atoms with Gasteiger partial charge in [0.2, 0.25) is 5.91 Å². The lowest BCUT2D eigenvalue weighted by atomic mass is 9.91. The molecule has 1 aromatic heterocycles. The first-order valence-electron chi connectivity index (χ1n) is 14.5. The summed E-state index contributed by atoms with van der Waals surface area (Å²) in [7, 11) is 0. The third-order valence-electron chi connectivity index (χ3n) is 7.10. The van der Waals surface area contributed by atoms with E-state index in [0.29, 0.717) is 18.9 Å². The van der Waals surface area contributed by atoms with Crippen LogP contribution in [0.3, 0.4) is 0 Å². The zero-order chi connectivity index (χ0) is 28.6. The van der Waals surface area contributed by atoms with Crippen LogP contribution in [0.2, 0.25) is 0 Å². The van der Waals surface area contributed by atoms with E-state index in [1.54, 1.807) is 20.8 Å². The first kappa shape index (κ1) is 30.5. The molecule has 216 valence electrons. The van der Waals surface area contributed by atoms with E-state index in [-0.39, 0.29) is 30.6 Å². The summed E-state index contributed by atoms with van der Waals surface area (Å²) < 4.78 is 10.4. The highest BCUT2D eigenvalue weighted by Gasteiger charge is 2.33. The van der Waals surface area contributed by atoms with Gasteiger partial charge in [0.25, 0.3) is 0 Å². The first-order chi connectivity index (χ1) is 18.5. The van der Waals surface area contributed by atoms with Crippen LogP contribution >= 0.6 is 0 Å². The fourth-order valence-electron chi connectivity index (χ4n) is 5.32. The summed E-state index contributed by atoms with van der Waals surface area (Å²) in [6, 6.07) is 8.28. The molecule has 1 aliphatic carbocycles. The van der Waals surface area contributed by atoms with E-state index in [0.717, 1.165) is 36.9 Å². The van der Waals surface area contributed by atoms with Crippen molar-refractivity contribution in [3.8, 4) is 0 Å². The van der Waals surface area contributed by atoms with Crippen molar-refractivity contribution >= 4 is 28.9 Å². The summed E-state index contributed by atoms with van der Waals surface area (Å²) in [5.41, 5.74) is 2.97. The molecule has 1 aliphatic heterocycles. The molecule has 2 aromatic rings. The van der Waals surface area contributed by atoms with E-state index in [1.807, 2.05) is 17.9 Å². The largest absolute Gasteiger partial charge is 0.462 e. The predicted octanol–water partition coefficient (Wildman–Crippen LogP) is 6.44. The molecule has 1 saturated carbocycles. The van der Waals surface area contributed by atoms with E-state index >= 15 is 0 Å². The molecule has 1 unspecified atom stereocenters. The minimum atomic E-state index is -0.586. The molecule has 2 heterocycles. The van der Waals surface area contributed by atoms with Gasteiger partial charge in [0.1, 0.15) is 18.2 Å². The number of aromatic nitrogens is 1. The van der Waals surface area contributed by atoms with E-state index in [9.17, 15) is 14.4 Å². The van der Waals surface area contributed by atoms with Crippen LogP contribution in [0.1, 0.15) is 104 Å². The van der Waals surface area contributed by atoms with Gasteiger partial charge >= 0.3 is 12.1 Å². The summed E-state index contributed by atoms with van der Waals surface area (Å²) >= 11 is 0. The van der Waals surface area contributed by atoms with E-state index in [1.165, 1.54) is 30.2 Å². The summed E-state index contributed by atoms with van der Waals surface area (Å²) in [6.07, 6.45) is 7.77. The standard InChI is InChI=1S/C22H31N3O3.C9H16O2/c1-14(2)12-18-20-16(15-8-6-7-9-17(15)24-20)10-11-25(18)19(26)13-23-21(27)28-22(3,4)5;1-2-9(10)11-8-6-4-3-5-7-8/h6-9,14,18,24H,10-13H2,1-5H3,(H,23,27);8H,2-7H2,1H3. The summed E-state index contributed by atoms with van der Waals surface area (Å²) in [6.45, 7) is 12.2. The third-order valence-corrected chi connectivity index (χ3v) is 7.10. The molecule has 1 fully saturated rings. The van der Waals surface area contributed by atoms with Gasteiger partial charge in [-0.2, -0.15) is 0 Å². The molecule has 0 radical (unpaired) electrons. The van der Waals surface area contributed by atoms with E-state index in [4.69, 9.17) is 9.47 Å². The number of carbonyl (C=O) groups is 3. The lowest BCUT2D eigenvalue weighted by Crippen LogP contribution is -2.46. The fourth-order valence-corrected chi connectivity index (χ4v) is 5.32. The number of ether oxygens (including phenoxy) is 2. The second kappa shape index (κ2) is 13.9. The maximum atomic E-state index is 12.9. The van der Waals surface area contributed by atoms with Crippen molar-refractivity contribution in [2.45, 2.75) is 111 Å². The SMILES string of the molecule is CC(C)CC1c2[nH]c3ccccc3c2CCN1C(=O)CNC(=O)OC(C)(C)C.CCC(=O)OC1CCCCC1. The van der Waals surface area contributed by atoms with E-state index < -0.39 is 11.7 Å². The van der Waals surface area contributed by atoms with Gasteiger partial charge < -0.3 is 24.7 Å². The van der Waals surface area contributed by atoms with Crippen molar-refractivity contribution in [3.05, 3.63) is 35.5 Å². The van der Waals surface area contributed by atoms with Crippen molar-refractivity contribution in [1.82, 2.24) is 15.2 Å². The number of esters is 1. The highest BCUT2D eigenvalue weighted by molar-refractivity contribution is 5.87. The number of aromatic amines is 1. The minimum absolute atomic E-state index is 0.0101. The maximum Gasteiger partial charge on any atom is 0.408 e. The Balaban J connectivity index is 0.000000320. The van der Waals surface area contributed by atoms with E-state index in [2.05, 4.69) is 42.3 Å². The van der Waals surface area contributed by atoms with Crippen LogP contribution in [-0.2, 0) is 25.5 Å². The number of carbonyl (C=O) groups excluding carboxylic acids is 3.